The lowest BCUT2D eigenvalue weighted by atomic mass is 9.92. The highest BCUT2D eigenvalue weighted by Gasteiger charge is 2.21. The van der Waals surface area contributed by atoms with Crippen LogP contribution in [-0.2, 0) is 0 Å². The predicted molar refractivity (Wildman–Crippen MR) is 149 cm³/mol. The van der Waals surface area contributed by atoms with E-state index in [4.69, 9.17) is 0 Å². The molecule has 4 rings (SSSR count). The Bertz CT molecular complexity index is 1550. The van der Waals surface area contributed by atoms with E-state index in [1.807, 2.05) is 0 Å². The van der Waals surface area contributed by atoms with Gasteiger partial charge in [0.1, 0.15) is 10.8 Å². The molecule has 3 N–H and O–H groups in total. The van der Waals surface area contributed by atoms with Crippen molar-refractivity contribution in [1.82, 2.24) is 14.7 Å². The van der Waals surface area contributed by atoms with Crippen molar-refractivity contribution < 1.29 is 18.8 Å². The number of nitrogens with zero attached hydrogens (tertiary/aromatic N) is 2. The molecule has 0 aliphatic rings. The molecule has 0 saturated carbocycles. The van der Waals surface area contributed by atoms with Crippen LogP contribution in [0.4, 0.5) is 14.5 Å². The van der Waals surface area contributed by atoms with Crippen LogP contribution in [0.5, 0.6) is 0 Å². The molecule has 0 unspecified atom stereocenters. The van der Waals surface area contributed by atoms with Crippen LogP contribution in [0.1, 0.15) is 49.3 Å². The summed E-state index contributed by atoms with van der Waals surface area (Å²) in [5.74, 6) is -2.04. The minimum atomic E-state index is -0.609. The highest BCUT2D eigenvalue weighted by molar-refractivity contribution is 7.13. The van der Waals surface area contributed by atoms with E-state index in [1.54, 1.807) is 50.5 Å². The third-order valence-corrected chi connectivity index (χ3v) is 6.98. The monoisotopic (exact) mass is 549 g/mol. The summed E-state index contributed by atoms with van der Waals surface area (Å²) in [4.78, 5) is 43.1. The fourth-order valence-corrected chi connectivity index (χ4v) is 4.77. The maximum Gasteiger partial charge on any atom is 0.258 e. The molecule has 0 saturated heterocycles. The van der Waals surface area contributed by atoms with Gasteiger partial charge in [-0.15, -0.1) is 11.3 Å². The van der Waals surface area contributed by atoms with E-state index in [-0.39, 0.29) is 28.8 Å². The van der Waals surface area contributed by atoms with Crippen molar-refractivity contribution in [2.45, 2.75) is 20.8 Å². The second-order valence-electron chi connectivity index (χ2n) is 8.61. The van der Waals surface area contributed by atoms with Crippen LogP contribution in [0.2, 0.25) is 0 Å². The summed E-state index contributed by atoms with van der Waals surface area (Å²) in [5.41, 5.74) is 2.91. The van der Waals surface area contributed by atoms with E-state index in [0.717, 1.165) is 28.9 Å². The van der Waals surface area contributed by atoms with Gasteiger partial charge in [-0.05, 0) is 79.3 Å². The molecule has 0 fully saturated rings. The molecule has 8 nitrogen and oxygen atoms in total. The molecule has 38 heavy (non-hydrogen) atoms. The summed E-state index contributed by atoms with van der Waals surface area (Å²) < 4.78 is 19.2. The number of anilines is 2. The molecule has 0 aliphatic heterocycles. The summed E-state index contributed by atoms with van der Waals surface area (Å²) in [6.45, 7) is 9.21. The average molecular weight is 550 g/mol. The molecular formula is C27H24FN5O3S2. The number of aromatic nitrogens is 2. The van der Waals surface area contributed by atoms with E-state index in [1.165, 1.54) is 23.5 Å². The third kappa shape index (κ3) is 6.18. The molecule has 194 valence electrons. The number of hydrogen-bond acceptors (Lipinski definition) is 7. The van der Waals surface area contributed by atoms with E-state index < -0.39 is 23.5 Å². The van der Waals surface area contributed by atoms with Gasteiger partial charge < -0.3 is 10.6 Å². The van der Waals surface area contributed by atoms with Gasteiger partial charge >= 0.3 is 0 Å². The Kier molecular flexibility index (Phi) is 8.08. The van der Waals surface area contributed by atoms with Crippen LogP contribution in [0, 0.1) is 19.7 Å². The van der Waals surface area contributed by atoms with Gasteiger partial charge in [-0.3, -0.25) is 19.7 Å². The largest absolute Gasteiger partial charge is 0.348 e. The molecule has 0 spiro atoms. The zero-order chi connectivity index (χ0) is 27.4. The Labute approximate surface area is 226 Å². The number of carbonyl (C=O) groups excluding carboxylic acids is 3. The van der Waals surface area contributed by atoms with Gasteiger partial charge in [0.2, 0.25) is 0 Å². The summed E-state index contributed by atoms with van der Waals surface area (Å²) >= 11 is 2.36. The standard InChI is InChI=1S/C27H24FN5O3S2/c1-14(2)13-30-24(34)17-5-6-19(21(10-17)26(36)32-27-29-7-8-37-27)20-11-18(12-22(28)16(20)4)25(35)31-23-9-15(3)33-38-23/h5-12H,1,13H2,2-4H3,(H,30,34)(H,31,35)(H,29,32,36). The predicted octanol–water partition coefficient (Wildman–Crippen LogP) is 5.83. The molecular weight excluding hydrogens is 525 g/mol. The molecule has 0 radical (unpaired) electrons. The molecule has 4 aromatic rings. The average Bonchev–Trinajstić information content (AvgIpc) is 3.55. The van der Waals surface area contributed by atoms with Crippen molar-refractivity contribution in [3.63, 3.8) is 0 Å². The van der Waals surface area contributed by atoms with Crippen LogP contribution < -0.4 is 16.0 Å². The molecule has 2 heterocycles. The molecule has 0 bridgehead atoms. The number of nitrogens with one attached hydrogen (secondary N) is 3. The number of aryl methyl sites for hydroxylation is 1. The molecule has 2 aromatic carbocycles. The second kappa shape index (κ2) is 11.4. The van der Waals surface area contributed by atoms with Gasteiger partial charge in [0.05, 0.1) is 5.69 Å². The Morgan fingerprint density at radius 3 is 2.42 bits per heavy atom. The molecule has 0 aliphatic carbocycles. The topological polar surface area (TPSA) is 113 Å². The molecule has 3 amide bonds. The second-order valence-corrected chi connectivity index (χ2v) is 10.3. The quantitative estimate of drug-likeness (QED) is 0.239. The molecule has 11 heteroatoms. The lowest BCUT2D eigenvalue weighted by molar-refractivity contribution is 0.0956. The number of carbonyl (C=O) groups is 3. The Morgan fingerprint density at radius 1 is 0.974 bits per heavy atom. The zero-order valence-corrected chi connectivity index (χ0v) is 22.5. The van der Waals surface area contributed by atoms with Crippen LogP contribution in [0.15, 0.2) is 60.1 Å². The van der Waals surface area contributed by atoms with Crippen molar-refractivity contribution in [2.24, 2.45) is 0 Å². The Hall–Kier alpha value is -4.22. The van der Waals surface area contributed by atoms with Gasteiger partial charge in [-0.1, -0.05) is 18.2 Å². The van der Waals surface area contributed by atoms with E-state index in [2.05, 4.69) is 31.9 Å². The van der Waals surface area contributed by atoms with E-state index in [9.17, 15) is 14.4 Å². The third-order valence-electron chi connectivity index (χ3n) is 5.49. The zero-order valence-electron chi connectivity index (χ0n) is 20.8. The lowest BCUT2D eigenvalue weighted by Crippen LogP contribution is -2.25. The van der Waals surface area contributed by atoms with Crippen LogP contribution in [0.3, 0.4) is 0 Å². The van der Waals surface area contributed by atoms with Gasteiger partial charge in [-0.2, -0.15) is 4.37 Å². The SMILES string of the molecule is C=C(C)CNC(=O)c1ccc(-c2cc(C(=O)Nc3cc(C)ns3)cc(F)c2C)c(C(=O)Nc2nccs2)c1. The summed E-state index contributed by atoms with van der Waals surface area (Å²) in [6, 6.07) is 8.95. The first kappa shape index (κ1) is 26.8. The van der Waals surface area contributed by atoms with Crippen LogP contribution >= 0.6 is 22.9 Å². The van der Waals surface area contributed by atoms with Crippen molar-refractivity contribution in [3.8, 4) is 11.1 Å². The smallest absolute Gasteiger partial charge is 0.258 e. The number of halogens is 1. The van der Waals surface area contributed by atoms with E-state index in [0.29, 0.717) is 21.3 Å². The van der Waals surface area contributed by atoms with Crippen LogP contribution in [0.25, 0.3) is 11.1 Å². The summed E-state index contributed by atoms with van der Waals surface area (Å²) in [7, 11) is 0. The van der Waals surface area contributed by atoms with Crippen molar-refractivity contribution in [2.75, 3.05) is 17.2 Å². The van der Waals surface area contributed by atoms with Crippen molar-refractivity contribution in [1.29, 1.82) is 0 Å². The van der Waals surface area contributed by atoms with E-state index >= 15 is 4.39 Å². The minimum Gasteiger partial charge on any atom is -0.348 e. The maximum atomic E-state index is 15.1. The maximum absolute atomic E-state index is 15.1. The van der Waals surface area contributed by atoms with Gasteiger partial charge in [-0.25, -0.2) is 9.37 Å². The fourth-order valence-electron chi connectivity index (χ4n) is 3.59. The Balaban J connectivity index is 1.77. The number of hydrogen-bond donors (Lipinski definition) is 3. The number of amides is 3. The number of thiazole rings is 1. The number of rotatable bonds is 8. The van der Waals surface area contributed by atoms with Crippen LogP contribution in [-0.4, -0.2) is 33.6 Å². The highest BCUT2D eigenvalue weighted by atomic mass is 32.1. The minimum absolute atomic E-state index is 0.0729. The highest BCUT2D eigenvalue weighted by Crippen LogP contribution is 2.32. The fraction of sp³-hybridized carbons (Fsp3) is 0.148. The first-order valence-corrected chi connectivity index (χ1v) is 13.1. The summed E-state index contributed by atoms with van der Waals surface area (Å²) in [6.07, 6.45) is 1.55. The summed E-state index contributed by atoms with van der Waals surface area (Å²) in [5, 5.41) is 10.8. The first-order chi connectivity index (χ1) is 18.1. The van der Waals surface area contributed by atoms with Gasteiger partial charge in [0.25, 0.3) is 17.7 Å². The van der Waals surface area contributed by atoms with Gasteiger partial charge in [0, 0.05) is 34.8 Å². The first-order valence-electron chi connectivity index (χ1n) is 11.4. The normalized spacial score (nSPS) is 10.6. The van der Waals surface area contributed by atoms with Crippen molar-refractivity contribution in [3.05, 3.63) is 93.9 Å². The molecule has 2 aromatic heterocycles. The molecule has 0 atom stereocenters. The Morgan fingerprint density at radius 2 is 1.76 bits per heavy atom. The lowest BCUT2D eigenvalue weighted by Gasteiger charge is -2.15. The number of benzene rings is 2. The van der Waals surface area contributed by atoms with Gasteiger partial charge in [0.15, 0.2) is 5.13 Å². The van der Waals surface area contributed by atoms with Crippen molar-refractivity contribution >= 4 is 50.7 Å².